The van der Waals surface area contributed by atoms with Crippen molar-refractivity contribution in [3.05, 3.63) is 0 Å². The fourth-order valence-corrected chi connectivity index (χ4v) is 2.39. The molecule has 0 radical (unpaired) electrons. The van der Waals surface area contributed by atoms with Crippen LogP contribution in [0.2, 0.25) is 0 Å². The minimum Gasteiger partial charge on any atom is -0.444 e. The number of hydrogen-bond acceptors (Lipinski definition) is 4. The average molecular weight is 359 g/mol. The van der Waals surface area contributed by atoms with Crippen molar-refractivity contribution in [1.82, 2.24) is 10.6 Å². The minimum absolute atomic E-state index is 0.195. The number of carbonyl (C=O) groups excluding carboxylic acids is 2. The number of ether oxygens (including phenoxy) is 2. The zero-order chi connectivity index (χ0) is 19.7. The third-order valence-electron chi connectivity index (χ3n) is 3.45. The fourth-order valence-electron chi connectivity index (χ4n) is 2.39. The van der Waals surface area contributed by atoms with Gasteiger partial charge in [-0.3, -0.25) is 0 Å². The standard InChI is InChI=1S/C19H38N2O4/c1-9-11-12-13-15(21-17(23)25-19(6,7)8)14(10-2)20-16(22)24-18(3,4)5/h14-15H,9-13H2,1-8H3,(H,20,22)(H,21,23)/t14-,15+/m1/s1. The van der Waals surface area contributed by atoms with Crippen LogP contribution < -0.4 is 10.6 Å². The van der Waals surface area contributed by atoms with Crippen LogP contribution >= 0.6 is 0 Å². The second-order valence-corrected chi connectivity index (χ2v) is 8.41. The van der Waals surface area contributed by atoms with Crippen LogP contribution in [0.4, 0.5) is 9.59 Å². The minimum atomic E-state index is -0.557. The summed E-state index contributed by atoms with van der Waals surface area (Å²) in [4.78, 5) is 24.3. The summed E-state index contributed by atoms with van der Waals surface area (Å²) in [6, 6.07) is -0.404. The highest BCUT2D eigenvalue weighted by Crippen LogP contribution is 2.14. The van der Waals surface area contributed by atoms with E-state index in [2.05, 4.69) is 17.6 Å². The summed E-state index contributed by atoms with van der Waals surface area (Å²) in [6.45, 7) is 15.1. The van der Waals surface area contributed by atoms with Crippen molar-refractivity contribution in [2.24, 2.45) is 0 Å². The first kappa shape index (κ1) is 23.5. The van der Waals surface area contributed by atoms with Crippen LogP contribution in [0.15, 0.2) is 0 Å². The molecule has 0 aromatic heterocycles. The lowest BCUT2D eigenvalue weighted by molar-refractivity contribution is 0.0422. The second kappa shape index (κ2) is 10.5. The Kier molecular flexibility index (Phi) is 9.90. The van der Waals surface area contributed by atoms with Crippen molar-refractivity contribution < 1.29 is 19.1 Å². The lowest BCUT2D eigenvalue weighted by Crippen LogP contribution is -2.53. The van der Waals surface area contributed by atoms with E-state index in [1.807, 2.05) is 48.5 Å². The predicted octanol–water partition coefficient (Wildman–Crippen LogP) is 4.76. The van der Waals surface area contributed by atoms with Crippen LogP contribution in [0.3, 0.4) is 0 Å². The Morgan fingerprint density at radius 3 is 1.60 bits per heavy atom. The third kappa shape index (κ3) is 12.5. The molecule has 0 aliphatic rings. The SMILES string of the molecule is CCCCC[C@H](NC(=O)OC(C)(C)C)[C@@H](CC)NC(=O)OC(C)(C)C. The van der Waals surface area contributed by atoms with E-state index >= 15 is 0 Å². The summed E-state index contributed by atoms with van der Waals surface area (Å²) in [5, 5.41) is 5.81. The molecule has 0 aromatic carbocycles. The first-order valence-corrected chi connectivity index (χ1v) is 9.37. The molecular formula is C19H38N2O4. The van der Waals surface area contributed by atoms with Crippen molar-refractivity contribution in [3.63, 3.8) is 0 Å². The molecule has 0 fully saturated rings. The number of rotatable bonds is 8. The molecule has 0 aliphatic heterocycles. The molecule has 0 aliphatic carbocycles. The van der Waals surface area contributed by atoms with Crippen molar-refractivity contribution >= 4 is 12.2 Å². The van der Waals surface area contributed by atoms with Crippen LogP contribution in [0.5, 0.6) is 0 Å². The molecule has 0 heterocycles. The number of alkyl carbamates (subject to hydrolysis) is 2. The molecule has 0 saturated carbocycles. The molecule has 0 spiro atoms. The van der Waals surface area contributed by atoms with E-state index in [1.165, 1.54) is 0 Å². The fraction of sp³-hybridized carbons (Fsp3) is 0.895. The molecule has 6 heteroatoms. The van der Waals surface area contributed by atoms with E-state index in [4.69, 9.17) is 9.47 Å². The van der Waals surface area contributed by atoms with E-state index in [9.17, 15) is 9.59 Å². The van der Waals surface area contributed by atoms with Gasteiger partial charge in [0.05, 0.1) is 12.1 Å². The molecule has 0 aromatic rings. The maximum Gasteiger partial charge on any atom is 0.407 e. The van der Waals surface area contributed by atoms with Gasteiger partial charge in [0.1, 0.15) is 11.2 Å². The van der Waals surface area contributed by atoms with Crippen molar-refractivity contribution in [1.29, 1.82) is 0 Å². The summed E-state index contributed by atoms with van der Waals surface area (Å²) in [7, 11) is 0. The summed E-state index contributed by atoms with van der Waals surface area (Å²) in [6.07, 6.45) is 3.69. The topological polar surface area (TPSA) is 76.7 Å². The van der Waals surface area contributed by atoms with Crippen LogP contribution in [0, 0.1) is 0 Å². The van der Waals surface area contributed by atoms with E-state index in [0.29, 0.717) is 6.42 Å². The molecule has 2 amide bonds. The molecule has 0 saturated heterocycles. The van der Waals surface area contributed by atoms with E-state index in [1.54, 1.807) is 0 Å². The van der Waals surface area contributed by atoms with E-state index in [0.717, 1.165) is 25.7 Å². The Morgan fingerprint density at radius 2 is 1.24 bits per heavy atom. The van der Waals surface area contributed by atoms with Gasteiger partial charge in [-0.25, -0.2) is 9.59 Å². The van der Waals surface area contributed by atoms with Gasteiger partial charge in [0.25, 0.3) is 0 Å². The Hall–Kier alpha value is -1.46. The molecule has 0 bridgehead atoms. The monoisotopic (exact) mass is 358 g/mol. The maximum atomic E-state index is 12.2. The lowest BCUT2D eigenvalue weighted by atomic mass is 9.99. The lowest BCUT2D eigenvalue weighted by Gasteiger charge is -2.30. The zero-order valence-electron chi connectivity index (χ0n) is 17.3. The number of nitrogens with one attached hydrogen (secondary N) is 2. The number of hydrogen-bond donors (Lipinski definition) is 2. The van der Waals surface area contributed by atoms with Gasteiger partial charge in [0, 0.05) is 0 Å². The van der Waals surface area contributed by atoms with Gasteiger partial charge in [-0.2, -0.15) is 0 Å². The summed E-state index contributed by atoms with van der Waals surface area (Å²) < 4.78 is 10.7. The Labute approximate surface area is 153 Å². The Morgan fingerprint density at radius 1 is 0.800 bits per heavy atom. The Balaban J connectivity index is 4.93. The van der Waals surface area contributed by atoms with Gasteiger partial charge < -0.3 is 20.1 Å². The quantitative estimate of drug-likeness (QED) is 0.613. The predicted molar refractivity (Wildman–Crippen MR) is 101 cm³/mol. The van der Waals surface area contributed by atoms with Crippen LogP contribution in [0.1, 0.15) is 87.5 Å². The molecular weight excluding hydrogens is 320 g/mol. The number of amides is 2. The average Bonchev–Trinajstić information content (AvgIpc) is 2.40. The molecule has 6 nitrogen and oxygen atoms in total. The first-order chi connectivity index (χ1) is 11.4. The molecule has 148 valence electrons. The molecule has 0 unspecified atom stereocenters. The number of unbranched alkanes of at least 4 members (excludes halogenated alkanes) is 2. The summed E-state index contributed by atoms with van der Waals surface area (Å²) >= 11 is 0. The molecule has 2 N–H and O–H groups in total. The second-order valence-electron chi connectivity index (χ2n) is 8.41. The van der Waals surface area contributed by atoms with Crippen molar-refractivity contribution in [3.8, 4) is 0 Å². The highest BCUT2D eigenvalue weighted by atomic mass is 16.6. The van der Waals surface area contributed by atoms with Gasteiger partial charge in [-0.15, -0.1) is 0 Å². The van der Waals surface area contributed by atoms with Gasteiger partial charge in [-0.05, 0) is 54.4 Å². The summed E-state index contributed by atoms with van der Waals surface area (Å²) in [5.41, 5.74) is -1.11. The van der Waals surface area contributed by atoms with Crippen LogP contribution in [-0.4, -0.2) is 35.5 Å². The highest BCUT2D eigenvalue weighted by molar-refractivity contribution is 5.70. The largest absolute Gasteiger partial charge is 0.444 e. The smallest absolute Gasteiger partial charge is 0.407 e. The first-order valence-electron chi connectivity index (χ1n) is 9.37. The maximum absolute atomic E-state index is 12.2. The zero-order valence-corrected chi connectivity index (χ0v) is 17.3. The molecule has 25 heavy (non-hydrogen) atoms. The van der Waals surface area contributed by atoms with Gasteiger partial charge >= 0.3 is 12.2 Å². The van der Waals surface area contributed by atoms with E-state index < -0.39 is 23.4 Å². The molecule has 0 rings (SSSR count). The van der Waals surface area contributed by atoms with Gasteiger partial charge in [-0.1, -0.05) is 33.1 Å². The summed E-state index contributed by atoms with van der Waals surface area (Å²) in [5.74, 6) is 0. The van der Waals surface area contributed by atoms with Gasteiger partial charge in [0.15, 0.2) is 0 Å². The van der Waals surface area contributed by atoms with Crippen LogP contribution in [0.25, 0.3) is 0 Å². The third-order valence-corrected chi connectivity index (χ3v) is 3.45. The normalized spacial score (nSPS) is 14.4. The van der Waals surface area contributed by atoms with Crippen molar-refractivity contribution in [2.45, 2.75) is 111 Å². The molecule has 2 atom stereocenters. The Bertz CT molecular complexity index is 411. The van der Waals surface area contributed by atoms with Gasteiger partial charge in [0.2, 0.25) is 0 Å². The number of carbonyl (C=O) groups is 2. The van der Waals surface area contributed by atoms with Crippen LogP contribution in [-0.2, 0) is 9.47 Å². The van der Waals surface area contributed by atoms with Crippen molar-refractivity contribution in [2.75, 3.05) is 0 Å². The highest BCUT2D eigenvalue weighted by Gasteiger charge is 2.27. The van der Waals surface area contributed by atoms with E-state index in [-0.39, 0.29) is 12.1 Å².